The van der Waals surface area contributed by atoms with E-state index >= 15 is 0 Å². The lowest BCUT2D eigenvalue weighted by Crippen LogP contribution is -1.98. The van der Waals surface area contributed by atoms with Crippen LogP contribution in [0, 0.1) is 0 Å². The molecule has 1 aromatic rings. The second-order valence-electron chi connectivity index (χ2n) is 2.15. The van der Waals surface area contributed by atoms with E-state index in [1.54, 1.807) is 0 Å². The maximum atomic E-state index is 11.3. The zero-order chi connectivity index (χ0) is 10.1. The van der Waals surface area contributed by atoms with Crippen molar-refractivity contribution in [3.8, 4) is 0 Å². The van der Waals surface area contributed by atoms with Crippen LogP contribution in [0.1, 0.15) is 0 Å². The van der Waals surface area contributed by atoms with Gasteiger partial charge in [-0.15, -0.1) is 0 Å². The van der Waals surface area contributed by atoms with Gasteiger partial charge in [0.05, 0.1) is 0 Å². The summed E-state index contributed by atoms with van der Waals surface area (Å²) in [5.41, 5.74) is 0. The van der Waals surface area contributed by atoms with Crippen LogP contribution >= 0.6 is 27.5 Å². The number of hydrogen-bond acceptors (Lipinski definition) is 3. The molecule has 0 N–H and O–H groups in total. The fourth-order valence-corrected chi connectivity index (χ4v) is 2.36. The number of hydrogen-bond donors (Lipinski definition) is 0. The lowest BCUT2D eigenvalue weighted by Gasteiger charge is -2.00. The van der Waals surface area contributed by atoms with Gasteiger partial charge in [0.25, 0.3) is 0 Å². The molecule has 0 bridgehead atoms. The van der Waals surface area contributed by atoms with Gasteiger partial charge in [-0.05, 0) is 22.0 Å². The molecule has 0 radical (unpaired) electrons. The molecule has 3 nitrogen and oxygen atoms in total. The van der Waals surface area contributed by atoms with Crippen LogP contribution in [0.25, 0.3) is 0 Å². The maximum Gasteiger partial charge on any atom is 0.202 e. The summed E-state index contributed by atoms with van der Waals surface area (Å²) < 4.78 is 23.2. The first-order chi connectivity index (χ1) is 5.97. The van der Waals surface area contributed by atoms with Crippen LogP contribution < -0.4 is 0 Å². The monoisotopic (exact) mass is 281 g/mol. The minimum atomic E-state index is -3.51. The molecule has 0 fully saturated rings. The van der Waals surface area contributed by atoms with Gasteiger partial charge >= 0.3 is 0 Å². The Morgan fingerprint density at radius 2 is 2.23 bits per heavy atom. The average molecular weight is 283 g/mol. The number of sulfone groups is 1. The molecule has 0 saturated carbocycles. The van der Waals surface area contributed by atoms with Crippen LogP contribution in [0.2, 0.25) is 5.15 Å². The molecule has 6 heteroatoms. The fraction of sp³-hybridized carbons (Fsp3) is 0. The number of halogens is 2. The molecule has 0 aliphatic heterocycles. The SMILES string of the molecule is C=CS(=O)(=O)c1cc(Br)cnc1Cl. The number of aromatic nitrogens is 1. The molecule has 13 heavy (non-hydrogen) atoms. The van der Waals surface area contributed by atoms with E-state index in [4.69, 9.17) is 11.6 Å². The van der Waals surface area contributed by atoms with Crippen LogP contribution in [-0.2, 0) is 9.84 Å². The molecule has 0 aliphatic carbocycles. The quantitative estimate of drug-likeness (QED) is 0.783. The molecule has 1 heterocycles. The molecule has 0 unspecified atom stereocenters. The van der Waals surface area contributed by atoms with E-state index in [0.717, 1.165) is 5.41 Å². The van der Waals surface area contributed by atoms with Crippen LogP contribution in [0.4, 0.5) is 0 Å². The number of pyridine rings is 1. The molecule has 0 saturated heterocycles. The second kappa shape index (κ2) is 3.77. The minimum absolute atomic E-state index is 0.0430. The first-order valence-electron chi connectivity index (χ1n) is 3.16. The van der Waals surface area contributed by atoms with E-state index in [1.165, 1.54) is 12.3 Å². The summed E-state index contributed by atoms with van der Waals surface area (Å²) in [5.74, 6) is 0. The van der Waals surface area contributed by atoms with E-state index in [9.17, 15) is 8.42 Å². The van der Waals surface area contributed by atoms with Crippen LogP contribution in [0.3, 0.4) is 0 Å². The zero-order valence-corrected chi connectivity index (χ0v) is 9.53. The molecule has 70 valence electrons. The van der Waals surface area contributed by atoms with Gasteiger partial charge in [-0.25, -0.2) is 13.4 Å². The summed E-state index contributed by atoms with van der Waals surface area (Å²) in [6.45, 7) is 3.19. The maximum absolute atomic E-state index is 11.3. The Morgan fingerprint density at radius 3 is 2.77 bits per heavy atom. The van der Waals surface area contributed by atoms with E-state index in [2.05, 4.69) is 27.5 Å². The van der Waals surface area contributed by atoms with Crippen LogP contribution in [0.15, 0.2) is 33.6 Å². The van der Waals surface area contributed by atoms with Crippen molar-refractivity contribution in [1.82, 2.24) is 4.98 Å². The fourth-order valence-electron chi connectivity index (χ4n) is 0.693. The predicted molar refractivity (Wildman–Crippen MR) is 54.3 cm³/mol. The lowest BCUT2D eigenvalue weighted by atomic mass is 10.5. The summed E-state index contributed by atoms with van der Waals surface area (Å²) in [6, 6.07) is 1.38. The van der Waals surface area contributed by atoms with E-state index in [1.807, 2.05) is 0 Å². The summed E-state index contributed by atoms with van der Waals surface area (Å²) in [7, 11) is -3.51. The summed E-state index contributed by atoms with van der Waals surface area (Å²) >= 11 is 8.70. The van der Waals surface area contributed by atoms with Crippen LogP contribution in [0.5, 0.6) is 0 Å². The highest BCUT2D eigenvalue weighted by molar-refractivity contribution is 9.10. The van der Waals surface area contributed by atoms with Crippen molar-refractivity contribution in [3.63, 3.8) is 0 Å². The van der Waals surface area contributed by atoms with Crippen LogP contribution in [-0.4, -0.2) is 13.4 Å². The minimum Gasteiger partial charge on any atom is -0.242 e. The smallest absolute Gasteiger partial charge is 0.202 e. The Morgan fingerprint density at radius 1 is 1.62 bits per heavy atom. The zero-order valence-electron chi connectivity index (χ0n) is 6.37. The van der Waals surface area contributed by atoms with E-state index in [-0.39, 0.29) is 10.0 Å². The van der Waals surface area contributed by atoms with Gasteiger partial charge in [-0.1, -0.05) is 18.2 Å². The van der Waals surface area contributed by atoms with Crippen molar-refractivity contribution in [1.29, 1.82) is 0 Å². The second-order valence-corrected chi connectivity index (χ2v) is 5.29. The van der Waals surface area contributed by atoms with E-state index < -0.39 is 9.84 Å². The third-order valence-corrected chi connectivity index (χ3v) is 3.51. The average Bonchev–Trinajstić information content (AvgIpc) is 2.09. The van der Waals surface area contributed by atoms with Crippen molar-refractivity contribution in [2.45, 2.75) is 4.90 Å². The summed E-state index contributed by atoms with van der Waals surface area (Å²) in [5, 5.41) is 0.783. The standard InChI is InChI=1S/C7H5BrClNO2S/c1-2-13(11,12)6-3-5(8)4-10-7(6)9/h2-4H,1H2. The Kier molecular flexibility index (Phi) is 3.10. The molecular formula is C7H5BrClNO2S. The predicted octanol–water partition coefficient (Wildman–Crippen LogP) is 2.41. The van der Waals surface area contributed by atoms with Gasteiger partial charge in [0, 0.05) is 16.1 Å². The van der Waals surface area contributed by atoms with Crippen molar-refractivity contribution < 1.29 is 8.42 Å². The van der Waals surface area contributed by atoms with Crippen molar-refractivity contribution >= 4 is 37.4 Å². The molecular weight excluding hydrogens is 278 g/mol. The molecule has 1 aromatic heterocycles. The van der Waals surface area contributed by atoms with Gasteiger partial charge in [-0.2, -0.15) is 0 Å². The highest BCUT2D eigenvalue weighted by Gasteiger charge is 2.15. The molecule has 0 atom stereocenters. The number of nitrogens with zero attached hydrogens (tertiary/aromatic N) is 1. The number of rotatable bonds is 2. The highest BCUT2D eigenvalue weighted by Crippen LogP contribution is 2.23. The first-order valence-corrected chi connectivity index (χ1v) is 5.87. The third kappa shape index (κ3) is 2.30. The molecule has 0 amide bonds. The van der Waals surface area contributed by atoms with Gasteiger partial charge < -0.3 is 0 Å². The topological polar surface area (TPSA) is 47.0 Å². The molecule has 0 spiro atoms. The molecule has 0 aromatic carbocycles. The van der Waals surface area contributed by atoms with Crippen molar-refractivity contribution in [2.75, 3.05) is 0 Å². The molecule has 0 aliphatic rings. The summed E-state index contributed by atoms with van der Waals surface area (Å²) in [4.78, 5) is 3.64. The highest BCUT2D eigenvalue weighted by atomic mass is 79.9. The van der Waals surface area contributed by atoms with Gasteiger partial charge in [-0.3, -0.25) is 0 Å². The van der Waals surface area contributed by atoms with E-state index in [0.29, 0.717) is 4.47 Å². The van der Waals surface area contributed by atoms with Crippen molar-refractivity contribution in [2.24, 2.45) is 0 Å². The van der Waals surface area contributed by atoms with Gasteiger partial charge in [0.1, 0.15) is 10.0 Å². The Hall–Kier alpha value is -0.390. The van der Waals surface area contributed by atoms with Gasteiger partial charge in [0.2, 0.25) is 9.84 Å². The lowest BCUT2D eigenvalue weighted by molar-refractivity contribution is 0.604. The Labute approximate surface area is 89.5 Å². The third-order valence-electron chi connectivity index (χ3n) is 1.30. The van der Waals surface area contributed by atoms with Crippen molar-refractivity contribution in [3.05, 3.63) is 33.9 Å². The molecule has 1 rings (SSSR count). The Bertz CT molecular complexity index is 444. The largest absolute Gasteiger partial charge is 0.242 e. The summed E-state index contributed by atoms with van der Waals surface area (Å²) in [6.07, 6.45) is 1.42. The van der Waals surface area contributed by atoms with Gasteiger partial charge in [0.15, 0.2) is 0 Å². The Balaban J connectivity index is 3.46. The first kappa shape index (κ1) is 10.7. The normalized spacial score (nSPS) is 11.2.